The summed E-state index contributed by atoms with van der Waals surface area (Å²) in [6.45, 7) is -1.94. The van der Waals surface area contributed by atoms with Crippen LogP contribution in [0.15, 0.2) is 48.5 Å². The van der Waals surface area contributed by atoms with Crippen molar-refractivity contribution in [3.8, 4) is 23.0 Å². The fourth-order valence-corrected chi connectivity index (χ4v) is 20.6. The Labute approximate surface area is 248 Å². The van der Waals surface area contributed by atoms with Crippen LogP contribution in [0.2, 0.25) is 0 Å². The van der Waals surface area contributed by atoms with Crippen molar-refractivity contribution in [2.24, 2.45) is 0 Å². The fourth-order valence-electron chi connectivity index (χ4n) is 5.61. The Morgan fingerprint density at radius 3 is 1.14 bits per heavy atom. The Balaban J connectivity index is 1.68. The van der Waals surface area contributed by atoms with Crippen molar-refractivity contribution < 1.29 is 54.0 Å². The molecule has 12 nitrogen and oxygen atoms in total. The molecule has 0 atom stereocenters. The fraction of sp³-hybridized carbons (Fsp3) is 0.417. The normalized spacial score (nSPS) is 22.5. The molecular weight excluding hydrogens is 644 g/mol. The van der Waals surface area contributed by atoms with Crippen molar-refractivity contribution in [1.29, 1.82) is 0 Å². The third-order valence-electron chi connectivity index (χ3n) is 7.39. The van der Waals surface area contributed by atoms with E-state index in [4.69, 9.17) is 18.1 Å². The molecule has 3 heterocycles. The predicted octanol–water partition coefficient (Wildman–Crippen LogP) is 4.28. The first-order valence-corrected chi connectivity index (χ1v) is 16.9. The van der Waals surface area contributed by atoms with Gasteiger partial charge in [-0.1, -0.05) is 0 Å². The average Bonchev–Trinajstić information content (AvgIpc) is 3.50. The Bertz CT molecular complexity index is 1320. The number of nitrogens with one attached hydrogen (secondary N) is 2. The molecule has 20 heteroatoms. The number of fused-ring (bicyclic) bond motifs is 2. The van der Waals surface area contributed by atoms with Gasteiger partial charge in [-0.05, 0) is 0 Å². The zero-order valence-corrected chi connectivity index (χ0v) is 25.6. The number of para-hydroxylation sites is 4. The van der Waals surface area contributed by atoms with E-state index < -0.39 is 52.3 Å². The summed E-state index contributed by atoms with van der Waals surface area (Å²) in [7, 11) is -3.42. The maximum absolute atomic E-state index is 13.1. The van der Waals surface area contributed by atoms with E-state index in [-0.39, 0.29) is 36.1 Å². The Morgan fingerprint density at radius 2 is 0.909 bits per heavy atom. The van der Waals surface area contributed by atoms with Crippen molar-refractivity contribution in [1.82, 2.24) is 28.9 Å². The monoisotopic (exact) mass is 674 g/mol. The van der Waals surface area contributed by atoms with Gasteiger partial charge in [0.1, 0.15) is 0 Å². The van der Waals surface area contributed by atoms with Gasteiger partial charge in [0.15, 0.2) is 0 Å². The van der Waals surface area contributed by atoms with Crippen LogP contribution < -0.4 is 28.7 Å². The van der Waals surface area contributed by atoms with Crippen LogP contribution in [0.1, 0.15) is 0 Å². The second-order valence-electron chi connectivity index (χ2n) is 10.3. The van der Waals surface area contributed by atoms with E-state index in [1.807, 2.05) is 10.6 Å². The predicted molar refractivity (Wildman–Crippen MR) is 148 cm³/mol. The number of carbonyl (C=O) groups is 2. The molecule has 5 rings (SSSR count). The van der Waals surface area contributed by atoms with Crippen LogP contribution in [0, 0.1) is 0 Å². The van der Waals surface area contributed by atoms with E-state index in [9.17, 15) is 35.9 Å². The van der Waals surface area contributed by atoms with E-state index in [1.165, 1.54) is 8.88 Å². The van der Waals surface area contributed by atoms with Crippen molar-refractivity contribution in [2.45, 2.75) is 12.4 Å². The molecule has 0 radical (unpaired) electrons. The van der Waals surface area contributed by atoms with Crippen LogP contribution in [-0.4, -0.2) is 96.8 Å². The molecule has 0 aromatic heterocycles. The van der Waals surface area contributed by atoms with Crippen LogP contribution in [0.25, 0.3) is 0 Å². The van der Waals surface area contributed by atoms with Crippen LogP contribution >= 0.6 is 15.0 Å². The number of hydrogen-bond acceptors (Lipinski definition) is 10. The molecule has 2 amide bonds. The quantitative estimate of drug-likeness (QED) is 0.311. The first-order valence-electron chi connectivity index (χ1n) is 13.1. The Kier molecular flexibility index (Phi) is 7.47. The first kappa shape index (κ1) is 32.3. The van der Waals surface area contributed by atoms with Crippen molar-refractivity contribution in [2.75, 3.05) is 54.4 Å². The van der Waals surface area contributed by atoms with Gasteiger partial charge in [-0.2, -0.15) is 0 Å². The summed E-state index contributed by atoms with van der Waals surface area (Å²) < 4.78 is 112. The summed E-state index contributed by atoms with van der Waals surface area (Å²) >= 11 is 0. The molecule has 244 valence electrons. The molecule has 3 aliphatic rings. The van der Waals surface area contributed by atoms with Gasteiger partial charge in [-0.25, -0.2) is 0 Å². The molecule has 2 aromatic carbocycles. The van der Waals surface area contributed by atoms with E-state index in [1.54, 1.807) is 86.1 Å². The SMILES string of the molecule is CN(C)P12(Oc3ccccc3O1)N(CCNC(=O)C(F)(F)F)P1(N(C)C)(Oc3ccccc3O1)N2CCNC(=O)C(F)(F)F. The van der Waals surface area contributed by atoms with Crippen molar-refractivity contribution in [3.63, 3.8) is 0 Å². The van der Waals surface area contributed by atoms with Gasteiger partial charge in [0, 0.05) is 0 Å². The van der Waals surface area contributed by atoms with Crippen LogP contribution in [0.4, 0.5) is 26.3 Å². The standard InChI is InChI=1S/C24H30F6N6O6P2/c1-33(2)43(39-17-9-5-6-10-18(17)40-43)35(15-13-31-21(37)23(25,26)27)44(34(3)4,41-19-11-7-8-12-20(19)42-44)36(43)16-14-32-22(38)24(28,29)30/h5-12H,13-16H2,1-4H3,(H,31,37)(H,32,38). The van der Waals surface area contributed by atoms with Crippen LogP contribution in [0.5, 0.6) is 23.0 Å². The van der Waals surface area contributed by atoms with E-state index in [2.05, 4.69) is 0 Å². The van der Waals surface area contributed by atoms with Gasteiger partial charge in [0.2, 0.25) is 0 Å². The number of amides is 2. The molecule has 3 aliphatic heterocycles. The summed E-state index contributed by atoms with van der Waals surface area (Å²) in [6.07, 6.45) is -10.3. The van der Waals surface area contributed by atoms with Crippen LogP contribution in [-0.2, 0) is 9.59 Å². The molecule has 2 N–H and O–H groups in total. The zero-order chi connectivity index (χ0) is 32.4. The molecular formula is C24H30F6N6O6P2. The average molecular weight is 674 g/mol. The first-order chi connectivity index (χ1) is 20.4. The van der Waals surface area contributed by atoms with E-state index >= 15 is 0 Å². The molecule has 1 fully saturated rings. The second-order valence-corrected chi connectivity index (χ2v) is 18.5. The van der Waals surface area contributed by atoms with Gasteiger partial charge in [-0.15, -0.1) is 0 Å². The van der Waals surface area contributed by atoms with Gasteiger partial charge in [0.05, 0.1) is 0 Å². The topological polar surface area (TPSA) is 108 Å². The van der Waals surface area contributed by atoms with E-state index in [0.29, 0.717) is 0 Å². The Morgan fingerprint density at radius 1 is 0.636 bits per heavy atom. The number of benzene rings is 2. The summed E-state index contributed by atoms with van der Waals surface area (Å²) in [6, 6.07) is 13.0. The number of nitrogens with zero attached hydrogens (tertiary/aromatic N) is 4. The maximum atomic E-state index is 13.1. The third-order valence-corrected chi connectivity index (χ3v) is 19.8. The zero-order valence-electron chi connectivity index (χ0n) is 23.8. The van der Waals surface area contributed by atoms with Gasteiger partial charge < -0.3 is 0 Å². The van der Waals surface area contributed by atoms with E-state index in [0.717, 1.165) is 0 Å². The molecule has 0 saturated carbocycles. The molecule has 0 unspecified atom stereocenters. The van der Waals surface area contributed by atoms with Gasteiger partial charge in [-0.3, -0.25) is 0 Å². The van der Waals surface area contributed by atoms with Gasteiger partial charge in [0.25, 0.3) is 0 Å². The summed E-state index contributed by atoms with van der Waals surface area (Å²) in [5.41, 5.74) is 0. The van der Waals surface area contributed by atoms with Crippen LogP contribution in [0.3, 0.4) is 0 Å². The number of halogens is 6. The number of hydrogen-bond donors (Lipinski definition) is 2. The molecule has 0 bridgehead atoms. The molecule has 2 spiro atoms. The molecule has 44 heavy (non-hydrogen) atoms. The summed E-state index contributed by atoms with van der Waals surface area (Å²) in [5.74, 6) is -3.42. The second kappa shape index (κ2) is 10.2. The molecule has 1 saturated heterocycles. The number of alkyl halides is 6. The molecule has 0 aliphatic carbocycles. The number of rotatable bonds is 8. The number of carbonyl (C=O) groups excluding carboxylic acids is 2. The minimum absolute atomic E-state index is 0.236. The summed E-state index contributed by atoms with van der Waals surface area (Å²) in [5, 5.41) is 3.71. The molecule has 2 aromatic rings. The Hall–Kier alpha value is -3.14. The summed E-state index contributed by atoms with van der Waals surface area (Å²) in [4.78, 5) is 23.6. The van der Waals surface area contributed by atoms with Crippen molar-refractivity contribution in [3.05, 3.63) is 48.5 Å². The van der Waals surface area contributed by atoms with Crippen molar-refractivity contribution >= 4 is 26.8 Å². The third kappa shape index (κ3) is 4.22. The van der Waals surface area contributed by atoms with Gasteiger partial charge >= 0.3 is 248 Å². The minimum atomic E-state index is -5.16.